The highest BCUT2D eigenvalue weighted by Gasteiger charge is 2.26. The maximum atomic E-state index is 12.3. The van der Waals surface area contributed by atoms with Gasteiger partial charge in [-0.3, -0.25) is 14.3 Å². The largest absolute Gasteiger partial charge is 0.481 e. The molecular weight excluding hydrogens is 270 g/mol. The number of hydrogen-bond acceptors (Lipinski definition) is 3. The molecule has 1 atom stereocenters. The minimum absolute atomic E-state index is 0.104. The van der Waals surface area contributed by atoms with Crippen molar-refractivity contribution in [3.05, 3.63) is 18.5 Å². The molecule has 116 valence electrons. The van der Waals surface area contributed by atoms with Crippen LogP contribution in [-0.2, 0) is 16.1 Å². The van der Waals surface area contributed by atoms with Gasteiger partial charge < -0.3 is 10.0 Å². The first-order valence-electron chi connectivity index (χ1n) is 7.65. The van der Waals surface area contributed by atoms with E-state index in [1.165, 1.54) is 0 Å². The second kappa shape index (κ2) is 7.81. The maximum absolute atomic E-state index is 12.3. The standard InChI is InChI=1S/C15H23N3O3/c19-14(6-3-10-17-11-4-9-16-17)18-12-2-1-5-13(18)7-8-15(20)21/h4,9,11,13H,1-3,5-8,10,12H2,(H,20,21). The molecule has 1 saturated heterocycles. The van der Waals surface area contributed by atoms with Crippen LogP contribution in [0.2, 0.25) is 0 Å². The number of aryl methyl sites for hydroxylation is 1. The van der Waals surface area contributed by atoms with Crippen molar-refractivity contribution in [2.24, 2.45) is 0 Å². The average Bonchev–Trinajstić information content (AvgIpc) is 2.98. The Bertz CT molecular complexity index is 459. The molecule has 21 heavy (non-hydrogen) atoms. The number of hydrogen-bond donors (Lipinski definition) is 1. The lowest BCUT2D eigenvalue weighted by atomic mass is 9.97. The Labute approximate surface area is 124 Å². The predicted molar refractivity (Wildman–Crippen MR) is 77.7 cm³/mol. The minimum Gasteiger partial charge on any atom is -0.481 e. The Morgan fingerprint density at radius 1 is 1.29 bits per heavy atom. The minimum atomic E-state index is -0.786. The van der Waals surface area contributed by atoms with Crippen LogP contribution in [0, 0.1) is 0 Å². The van der Waals surface area contributed by atoms with Crippen LogP contribution in [0.25, 0.3) is 0 Å². The highest BCUT2D eigenvalue weighted by atomic mass is 16.4. The summed E-state index contributed by atoms with van der Waals surface area (Å²) in [5, 5.41) is 12.9. The van der Waals surface area contributed by atoms with Crippen molar-refractivity contribution in [1.82, 2.24) is 14.7 Å². The van der Waals surface area contributed by atoms with Gasteiger partial charge >= 0.3 is 5.97 Å². The number of piperidine rings is 1. The van der Waals surface area contributed by atoms with Gasteiger partial charge in [-0.1, -0.05) is 0 Å². The van der Waals surface area contributed by atoms with E-state index in [1.54, 1.807) is 6.20 Å². The molecule has 1 amide bonds. The van der Waals surface area contributed by atoms with Gasteiger partial charge in [0.25, 0.3) is 0 Å². The second-order valence-corrected chi connectivity index (χ2v) is 5.54. The Balaban J connectivity index is 1.78. The van der Waals surface area contributed by atoms with Crippen LogP contribution in [-0.4, -0.2) is 44.3 Å². The Morgan fingerprint density at radius 3 is 2.86 bits per heavy atom. The summed E-state index contributed by atoms with van der Waals surface area (Å²) in [6, 6.07) is 1.97. The van der Waals surface area contributed by atoms with E-state index in [0.29, 0.717) is 12.8 Å². The Kier molecular flexibility index (Phi) is 5.78. The molecule has 2 rings (SSSR count). The smallest absolute Gasteiger partial charge is 0.303 e. The topological polar surface area (TPSA) is 75.4 Å². The van der Waals surface area contributed by atoms with E-state index in [2.05, 4.69) is 5.10 Å². The van der Waals surface area contributed by atoms with Crippen molar-refractivity contribution >= 4 is 11.9 Å². The number of carbonyl (C=O) groups excluding carboxylic acids is 1. The lowest BCUT2D eigenvalue weighted by Gasteiger charge is -2.35. The van der Waals surface area contributed by atoms with Crippen LogP contribution >= 0.6 is 0 Å². The van der Waals surface area contributed by atoms with E-state index in [1.807, 2.05) is 21.8 Å². The molecule has 1 N–H and O–H groups in total. The number of nitrogens with zero attached hydrogens (tertiary/aromatic N) is 3. The monoisotopic (exact) mass is 293 g/mol. The number of aromatic nitrogens is 2. The molecule has 1 fully saturated rings. The van der Waals surface area contributed by atoms with Crippen LogP contribution in [0.4, 0.5) is 0 Å². The molecule has 1 unspecified atom stereocenters. The van der Waals surface area contributed by atoms with Crippen LogP contribution < -0.4 is 0 Å². The summed E-state index contributed by atoms with van der Waals surface area (Å²) in [6.07, 6.45) is 8.64. The number of carboxylic acids is 1. The zero-order valence-electron chi connectivity index (χ0n) is 12.3. The number of amides is 1. The fourth-order valence-corrected chi connectivity index (χ4v) is 2.89. The van der Waals surface area contributed by atoms with Gasteiger partial charge in [-0.2, -0.15) is 5.10 Å². The van der Waals surface area contributed by atoms with Crippen molar-refractivity contribution in [2.45, 2.75) is 57.5 Å². The summed E-state index contributed by atoms with van der Waals surface area (Å²) in [7, 11) is 0. The van der Waals surface area contributed by atoms with Crippen LogP contribution in [0.5, 0.6) is 0 Å². The fraction of sp³-hybridized carbons (Fsp3) is 0.667. The lowest BCUT2D eigenvalue weighted by molar-refractivity contribution is -0.140. The fourth-order valence-electron chi connectivity index (χ4n) is 2.89. The summed E-state index contributed by atoms with van der Waals surface area (Å²) in [5.41, 5.74) is 0. The quantitative estimate of drug-likeness (QED) is 0.833. The zero-order chi connectivity index (χ0) is 15.1. The van der Waals surface area contributed by atoms with Gasteiger partial charge in [-0.15, -0.1) is 0 Å². The van der Waals surface area contributed by atoms with E-state index in [4.69, 9.17) is 5.11 Å². The van der Waals surface area contributed by atoms with E-state index < -0.39 is 5.97 Å². The van der Waals surface area contributed by atoms with Crippen LogP contribution in [0.15, 0.2) is 18.5 Å². The molecule has 6 heteroatoms. The molecule has 1 aliphatic rings. The molecular formula is C15H23N3O3. The summed E-state index contributed by atoms with van der Waals surface area (Å²) in [5.74, 6) is -0.635. The normalized spacial score (nSPS) is 18.7. The summed E-state index contributed by atoms with van der Waals surface area (Å²) < 4.78 is 1.82. The molecule has 2 heterocycles. The number of likely N-dealkylation sites (tertiary alicyclic amines) is 1. The highest BCUT2D eigenvalue weighted by Crippen LogP contribution is 2.22. The van der Waals surface area contributed by atoms with Gasteiger partial charge in [0, 0.05) is 44.4 Å². The maximum Gasteiger partial charge on any atom is 0.303 e. The SMILES string of the molecule is O=C(O)CCC1CCCCN1C(=O)CCCn1cccn1. The molecule has 1 aromatic heterocycles. The number of carboxylic acid groups (broad SMARTS) is 1. The predicted octanol–water partition coefficient (Wildman–Crippen LogP) is 1.91. The van der Waals surface area contributed by atoms with E-state index >= 15 is 0 Å². The first kappa shape index (κ1) is 15.5. The third-order valence-corrected chi connectivity index (χ3v) is 3.98. The summed E-state index contributed by atoms with van der Waals surface area (Å²) in [4.78, 5) is 24.9. The summed E-state index contributed by atoms with van der Waals surface area (Å²) >= 11 is 0. The van der Waals surface area contributed by atoms with Gasteiger partial charge in [0.15, 0.2) is 0 Å². The lowest BCUT2D eigenvalue weighted by Crippen LogP contribution is -2.43. The third-order valence-electron chi connectivity index (χ3n) is 3.98. The number of aliphatic carboxylic acids is 1. The van der Waals surface area contributed by atoms with E-state index in [9.17, 15) is 9.59 Å². The van der Waals surface area contributed by atoms with Crippen LogP contribution in [0.1, 0.15) is 44.9 Å². The van der Waals surface area contributed by atoms with E-state index in [0.717, 1.165) is 38.8 Å². The van der Waals surface area contributed by atoms with Crippen molar-refractivity contribution in [3.63, 3.8) is 0 Å². The molecule has 6 nitrogen and oxygen atoms in total. The third kappa shape index (κ3) is 4.88. The van der Waals surface area contributed by atoms with E-state index in [-0.39, 0.29) is 18.4 Å². The Hall–Kier alpha value is -1.85. The van der Waals surface area contributed by atoms with Gasteiger partial charge in [0.2, 0.25) is 5.91 Å². The molecule has 0 radical (unpaired) electrons. The molecule has 0 aromatic carbocycles. The van der Waals surface area contributed by atoms with Gasteiger partial charge in [0.1, 0.15) is 0 Å². The molecule has 0 bridgehead atoms. The van der Waals surface area contributed by atoms with Crippen molar-refractivity contribution in [2.75, 3.05) is 6.54 Å². The average molecular weight is 293 g/mol. The summed E-state index contributed by atoms with van der Waals surface area (Å²) in [6.45, 7) is 1.51. The van der Waals surface area contributed by atoms with Crippen molar-refractivity contribution in [3.8, 4) is 0 Å². The molecule has 1 aliphatic heterocycles. The van der Waals surface area contributed by atoms with Crippen molar-refractivity contribution < 1.29 is 14.7 Å². The molecule has 1 aromatic rings. The highest BCUT2D eigenvalue weighted by molar-refractivity contribution is 5.76. The molecule has 0 aliphatic carbocycles. The molecule has 0 saturated carbocycles. The van der Waals surface area contributed by atoms with Gasteiger partial charge in [-0.25, -0.2) is 0 Å². The van der Waals surface area contributed by atoms with Crippen LogP contribution in [0.3, 0.4) is 0 Å². The first-order valence-corrected chi connectivity index (χ1v) is 7.65. The Morgan fingerprint density at radius 2 is 2.14 bits per heavy atom. The molecule has 0 spiro atoms. The number of carbonyl (C=O) groups is 2. The van der Waals surface area contributed by atoms with Gasteiger partial charge in [-0.05, 0) is 38.2 Å². The first-order chi connectivity index (χ1) is 10.2. The number of rotatable bonds is 7. The zero-order valence-corrected chi connectivity index (χ0v) is 12.3. The second-order valence-electron chi connectivity index (χ2n) is 5.54. The van der Waals surface area contributed by atoms with Crippen molar-refractivity contribution in [1.29, 1.82) is 0 Å². The van der Waals surface area contributed by atoms with Gasteiger partial charge in [0.05, 0.1) is 0 Å².